The molecule has 3 rings (SSSR count). The topological polar surface area (TPSA) is 87.4 Å². The summed E-state index contributed by atoms with van der Waals surface area (Å²) in [5, 5.41) is 13.9. The van der Waals surface area contributed by atoms with E-state index in [1.807, 2.05) is 0 Å². The van der Waals surface area contributed by atoms with E-state index in [0.717, 1.165) is 18.3 Å². The molecule has 0 aliphatic rings. The van der Waals surface area contributed by atoms with Crippen molar-refractivity contribution < 1.29 is 36.6 Å². The van der Waals surface area contributed by atoms with Gasteiger partial charge >= 0.3 is 6.36 Å². The van der Waals surface area contributed by atoms with Gasteiger partial charge in [-0.05, 0) is 30.2 Å². The number of carbonyl (C=O) groups is 1. The molecule has 168 valence electrons. The van der Waals surface area contributed by atoms with Crippen LogP contribution in [-0.4, -0.2) is 24.4 Å². The lowest BCUT2D eigenvalue weighted by atomic mass is 9.99. The third kappa shape index (κ3) is 5.42. The minimum atomic E-state index is -4.87. The Morgan fingerprint density at radius 3 is 2.66 bits per heavy atom. The van der Waals surface area contributed by atoms with E-state index >= 15 is 0 Å². The standard InChI is InChI=1S/C21H17F4N3O4/c1-12-19(22)18(20(29)27-15-4-3-7-28(30)11-15)14(10-26-12)8-13-5-6-16(9-17(13)31-2)32-21(23,24)25/h3-7,9-11H,8H2,1-2H3,(H,27,29). The van der Waals surface area contributed by atoms with E-state index in [-0.39, 0.29) is 34.7 Å². The van der Waals surface area contributed by atoms with Gasteiger partial charge in [-0.15, -0.1) is 13.2 Å². The number of carbonyl (C=O) groups excluding carboxylic acids is 1. The molecule has 0 aliphatic heterocycles. The summed E-state index contributed by atoms with van der Waals surface area (Å²) in [6.07, 6.45) is -1.32. The summed E-state index contributed by atoms with van der Waals surface area (Å²) in [6, 6.07) is 6.31. The Balaban J connectivity index is 1.95. The summed E-state index contributed by atoms with van der Waals surface area (Å²) in [5.74, 6) is -2.11. The number of halogens is 4. The Labute approximate surface area is 179 Å². The highest BCUT2D eigenvalue weighted by Crippen LogP contribution is 2.31. The van der Waals surface area contributed by atoms with Crippen LogP contribution < -0.4 is 19.5 Å². The summed E-state index contributed by atoms with van der Waals surface area (Å²) < 4.78 is 61.8. The summed E-state index contributed by atoms with van der Waals surface area (Å²) in [7, 11) is 1.26. The van der Waals surface area contributed by atoms with Crippen LogP contribution in [-0.2, 0) is 6.42 Å². The molecule has 11 heteroatoms. The van der Waals surface area contributed by atoms with Gasteiger partial charge in [0, 0.05) is 24.8 Å². The van der Waals surface area contributed by atoms with Gasteiger partial charge in [0.1, 0.15) is 17.2 Å². The molecule has 2 aromatic heterocycles. The molecule has 0 unspecified atom stereocenters. The van der Waals surface area contributed by atoms with Crippen molar-refractivity contribution in [3.63, 3.8) is 0 Å². The molecule has 1 amide bonds. The van der Waals surface area contributed by atoms with Crippen molar-refractivity contribution in [2.75, 3.05) is 12.4 Å². The number of aryl methyl sites for hydroxylation is 1. The first-order valence-corrected chi connectivity index (χ1v) is 9.14. The van der Waals surface area contributed by atoms with Gasteiger partial charge in [0.25, 0.3) is 5.91 Å². The zero-order valence-corrected chi connectivity index (χ0v) is 16.9. The molecule has 1 aromatic carbocycles. The van der Waals surface area contributed by atoms with Gasteiger partial charge in [0.15, 0.2) is 12.0 Å². The van der Waals surface area contributed by atoms with E-state index < -0.39 is 23.8 Å². The normalized spacial score (nSPS) is 11.2. The van der Waals surface area contributed by atoms with Crippen LogP contribution in [0.4, 0.5) is 23.2 Å². The minimum absolute atomic E-state index is 0.0215. The first-order valence-electron chi connectivity index (χ1n) is 9.14. The van der Waals surface area contributed by atoms with Crippen LogP contribution in [0.25, 0.3) is 0 Å². The van der Waals surface area contributed by atoms with Crippen molar-refractivity contribution in [1.29, 1.82) is 0 Å². The predicted molar refractivity (Wildman–Crippen MR) is 105 cm³/mol. The second-order valence-corrected chi connectivity index (χ2v) is 6.66. The summed E-state index contributed by atoms with van der Waals surface area (Å²) >= 11 is 0. The number of nitrogens with one attached hydrogen (secondary N) is 1. The molecule has 0 radical (unpaired) electrons. The fraction of sp³-hybridized carbons (Fsp3) is 0.190. The number of rotatable bonds is 6. The Hall–Kier alpha value is -3.89. The van der Waals surface area contributed by atoms with Crippen LogP contribution in [0.2, 0.25) is 0 Å². The lowest BCUT2D eigenvalue weighted by Crippen LogP contribution is -2.26. The highest BCUT2D eigenvalue weighted by Gasteiger charge is 2.31. The third-order valence-corrected chi connectivity index (χ3v) is 4.41. The van der Waals surface area contributed by atoms with Gasteiger partial charge in [-0.2, -0.15) is 4.73 Å². The first-order chi connectivity index (χ1) is 15.1. The number of anilines is 1. The molecule has 1 N–H and O–H groups in total. The molecule has 0 atom stereocenters. The molecular formula is C21H17F4N3O4. The average molecular weight is 451 g/mol. The number of amides is 1. The Morgan fingerprint density at radius 1 is 1.25 bits per heavy atom. The molecule has 32 heavy (non-hydrogen) atoms. The number of benzene rings is 1. The molecule has 0 spiro atoms. The van der Waals surface area contributed by atoms with Gasteiger partial charge in [-0.3, -0.25) is 9.78 Å². The molecule has 0 saturated carbocycles. The lowest BCUT2D eigenvalue weighted by molar-refractivity contribution is -0.604. The average Bonchev–Trinajstić information content (AvgIpc) is 2.70. The van der Waals surface area contributed by atoms with Crippen LogP contribution >= 0.6 is 0 Å². The molecule has 0 fully saturated rings. The number of nitrogens with zero attached hydrogens (tertiary/aromatic N) is 2. The van der Waals surface area contributed by atoms with Crippen molar-refractivity contribution in [3.05, 3.63) is 82.3 Å². The van der Waals surface area contributed by atoms with Crippen molar-refractivity contribution in [2.45, 2.75) is 19.7 Å². The van der Waals surface area contributed by atoms with Gasteiger partial charge in [0.05, 0.1) is 18.4 Å². The van der Waals surface area contributed by atoms with Crippen LogP contribution in [0.1, 0.15) is 27.2 Å². The number of ether oxygens (including phenoxy) is 2. The van der Waals surface area contributed by atoms with E-state index in [2.05, 4.69) is 15.0 Å². The van der Waals surface area contributed by atoms with Crippen molar-refractivity contribution >= 4 is 11.6 Å². The maximum atomic E-state index is 14.9. The maximum absolute atomic E-state index is 14.9. The minimum Gasteiger partial charge on any atom is -0.619 e. The predicted octanol–water partition coefficient (Wildman–Crippen LogP) is 3.91. The van der Waals surface area contributed by atoms with E-state index in [1.165, 1.54) is 44.6 Å². The zero-order valence-electron chi connectivity index (χ0n) is 16.9. The lowest BCUT2D eigenvalue weighted by Gasteiger charge is -2.15. The number of alkyl halides is 3. The molecule has 2 heterocycles. The van der Waals surface area contributed by atoms with Crippen LogP contribution in [0.15, 0.2) is 48.9 Å². The van der Waals surface area contributed by atoms with Crippen molar-refractivity contribution in [3.8, 4) is 11.5 Å². The van der Waals surface area contributed by atoms with Gasteiger partial charge in [-0.25, -0.2) is 4.39 Å². The zero-order chi connectivity index (χ0) is 23.5. The van der Waals surface area contributed by atoms with Crippen molar-refractivity contribution in [2.24, 2.45) is 0 Å². The maximum Gasteiger partial charge on any atom is 0.573 e. The first kappa shape index (κ1) is 22.8. The fourth-order valence-corrected chi connectivity index (χ4v) is 2.99. The molecule has 3 aromatic rings. The second kappa shape index (κ2) is 9.08. The van der Waals surface area contributed by atoms with Gasteiger partial charge in [0.2, 0.25) is 6.20 Å². The van der Waals surface area contributed by atoms with Crippen LogP contribution in [0.3, 0.4) is 0 Å². The quantitative estimate of drug-likeness (QED) is 0.349. The summed E-state index contributed by atoms with van der Waals surface area (Å²) in [6.45, 7) is 1.38. The molecule has 7 nitrogen and oxygen atoms in total. The number of hydrogen-bond donors (Lipinski definition) is 1. The van der Waals surface area contributed by atoms with E-state index in [4.69, 9.17) is 4.74 Å². The SMILES string of the molecule is COc1cc(OC(F)(F)F)ccc1Cc1cnc(C)c(F)c1C(=O)Nc1ccc[n+]([O-])c1. The molecule has 0 aliphatic carbocycles. The molecule has 0 saturated heterocycles. The van der Waals surface area contributed by atoms with E-state index in [0.29, 0.717) is 10.3 Å². The van der Waals surface area contributed by atoms with Crippen molar-refractivity contribution in [1.82, 2.24) is 4.98 Å². The van der Waals surface area contributed by atoms with Gasteiger partial charge in [-0.1, -0.05) is 6.07 Å². The largest absolute Gasteiger partial charge is 0.619 e. The Kier molecular flexibility index (Phi) is 6.47. The second-order valence-electron chi connectivity index (χ2n) is 6.66. The number of methoxy groups -OCH3 is 1. The van der Waals surface area contributed by atoms with E-state index in [1.54, 1.807) is 0 Å². The fourth-order valence-electron chi connectivity index (χ4n) is 2.99. The molecule has 0 bridgehead atoms. The number of aromatic nitrogens is 2. The smallest absolute Gasteiger partial charge is 0.573 e. The third-order valence-electron chi connectivity index (χ3n) is 4.41. The number of hydrogen-bond acceptors (Lipinski definition) is 5. The molecular weight excluding hydrogens is 434 g/mol. The highest BCUT2D eigenvalue weighted by atomic mass is 19.4. The Morgan fingerprint density at radius 2 is 2.00 bits per heavy atom. The van der Waals surface area contributed by atoms with Gasteiger partial charge < -0.3 is 20.0 Å². The Bertz CT molecular complexity index is 1150. The highest BCUT2D eigenvalue weighted by molar-refractivity contribution is 6.05. The van der Waals surface area contributed by atoms with E-state index in [9.17, 15) is 27.6 Å². The summed E-state index contributed by atoms with van der Waals surface area (Å²) in [5.41, 5.74) is 0.360. The monoisotopic (exact) mass is 451 g/mol. The van der Waals surface area contributed by atoms with Crippen LogP contribution in [0, 0.1) is 17.9 Å². The van der Waals surface area contributed by atoms with Crippen LogP contribution in [0.5, 0.6) is 11.5 Å². The number of pyridine rings is 2. The summed E-state index contributed by atoms with van der Waals surface area (Å²) in [4.78, 5) is 16.7.